The van der Waals surface area contributed by atoms with E-state index in [1.54, 1.807) is 66.2 Å². The van der Waals surface area contributed by atoms with Crippen molar-refractivity contribution in [2.75, 3.05) is 138 Å². The number of nitrogens with one attached hydrogen (secondary N) is 12. The normalized spacial score (nSPS) is 19.4. The van der Waals surface area contributed by atoms with Gasteiger partial charge in [0.05, 0.1) is 44.2 Å². The molecule has 7 rings (SSSR count). The van der Waals surface area contributed by atoms with Crippen molar-refractivity contribution in [3.05, 3.63) is 95.3 Å². The summed E-state index contributed by atoms with van der Waals surface area (Å²) in [6.07, 6.45) is 4.05. The van der Waals surface area contributed by atoms with Gasteiger partial charge in [0.2, 0.25) is 59.1 Å². The van der Waals surface area contributed by atoms with E-state index in [9.17, 15) is 62.3 Å². The highest BCUT2D eigenvalue weighted by Crippen LogP contribution is 2.28. The second-order valence-corrected chi connectivity index (χ2v) is 32.1. The van der Waals surface area contributed by atoms with Gasteiger partial charge < -0.3 is 98.4 Å². The summed E-state index contributed by atoms with van der Waals surface area (Å²) in [4.78, 5) is 207. The number of ketones is 1. The molecule has 123 heavy (non-hydrogen) atoms. The molecule has 3 aromatic carbocycles. The zero-order valence-electron chi connectivity index (χ0n) is 73.8. The Balaban J connectivity index is 1.02. The summed E-state index contributed by atoms with van der Waals surface area (Å²) in [6.45, 7) is 22.1. The molecule has 0 bridgehead atoms. The number of carbonyl (C=O) groups excluding carboxylic acids is 13. The van der Waals surface area contributed by atoms with Crippen LogP contribution in [-0.4, -0.2) is 297 Å². The van der Waals surface area contributed by atoms with E-state index >= 15 is 0 Å². The number of imidazole rings is 1. The molecule has 1 aromatic heterocycles. The van der Waals surface area contributed by atoms with Crippen LogP contribution in [0, 0.1) is 5.92 Å². The fraction of sp³-hybridized carbons (Fsp3) is 0.625. The van der Waals surface area contributed by atoms with Crippen LogP contribution >= 0.6 is 0 Å². The van der Waals surface area contributed by atoms with Gasteiger partial charge in [0.15, 0.2) is 11.7 Å². The van der Waals surface area contributed by atoms with Gasteiger partial charge in [-0.25, -0.2) is 4.98 Å². The smallest absolute Gasteiger partial charge is 0.308 e. The largest absolute Gasteiger partial charge is 0.469 e. The van der Waals surface area contributed by atoms with Gasteiger partial charge in [0.25, 0.3) is 5.91 Å². The lowest BCUT2D eigenvalue weighted by Gasteiger charge is -2.33. The van der Waals surface area contributed by atoms with Crippen LogP contribution in [0.15, 0.2) is 77.8 Å². The number of para-hydroxylation sites is 2. The molecule has 11 amide bonds. The van der Waals surface area contributed by atoms with Crippen LogP contribution in [0.25, 0.3) is 11.0 Å². The number of likely N-dealkylation sites (N-methyl/N-ethyl adjacent to an activating group) is 3. The number of anilines is 1. The van der Waals surface area contributed by atoms with Crippen molar-refractivity contribution in [3.63, 3.8) is 0 Å². The van der Waals surface area contributed by atoms with E-state index in [4.69, 9.17) is 10.5 Å². The highest BCUT2D eigenvalue weighted by Gasteiger charge is 2.36. The van der Waals surface area contributed by atoms with E-state index in [1.165, 1.54) is 14.2 Å². The molecule has 0 spiro atoms. The number of guanidine groups is 1. The third kappa shape index (κ3) is 33.8. The number of hydrogen-bond acceptors (Lipinski definition) is 21. The lowest BCUT2D eigenvalue weighted by atomic mass is 9.97. The molecule has 0 unspecified atom stereocenters. The number of hydrogen-bond donors (Lipinski definition) is 13. The minimum atomic E-state index is -1.28. The first kappa shape index (κ1) is 99.5. The minimum Gasteiger partial charge on any atom is -0.469 e. The number of nitrogens with zero attached hydrogens (tertiary/aromatic N) is 8. The van der Waals surface area contributed by atoms with Crippen molar-refractivity contribution < 1.29 is 67.1 Å². The lowest BCUT2D eigenvalue weighted by molar-refractivity contribution is -0.144. The Morgan fingerprint density at radius 3 is 1.79 bits per heavy atom. The van der Waals surface area contributed by atoms with E-state index in [0.717, 1.165) is 69.9 Å². The summed E-state index contributed by atoms with van der Waals surface area (Å²) >= 11 is 0. The van der Waals surface area contributed by atoms with Gasteiger partial charge >= 0.3 is 5.97 Å². The monoisotopic (exact) mass is 1710 g/mol. The van der Waals surface area contributed by atoms with E-state index in [1.807, 2.05) is 44.2 Å². The third-order valence-corrected chi connectivity index (χ3v) is 22.9. The first-order valence-electron chi connectivity index (χ1n) is 44.3. The number of rotatable bonds is 42. The number of nitrogens with two attached hydrogens (primary N) is 1. The summed E-state index contributed by atoms with van der Waals surface area (Å²) in [5.74, 6) is -6.83. The number of esters is 1. The van der Waals surface area contributed by atoms with Crippen molar-refractivity contribution in [1.82, 2.24) is 92.5 Å². The van der Waals surface area contributed by atoms with Gasteiger partial charge in [0, 0.05) is 136 Å². The van der Waals surface area contributed by atoms with Gasteiger partial charge in [-0.05, 0) is 132 Å². The zero-order chi connectivity index (χ0) is 89.2. The van der Waals surface area contributed by atoms with E-state index < -0.39 is 114 Å². The number of amides is 11. The second kappa shape index (κ2) is 53.4. The number of benzene rings is 3. The maximum Gasteiger partial charge on any atom is 0.308 e. The molecule has 678 valence electrons. The first-order valence-corrected chi connectivity index (χ1v) is 44.3. The summed E-state index contributed by atoms with van der Waals surface area (Å²) in [7, 11) is 4.45. The minimum absolute atomic E-state index is 0.0118. The predicted octanol–water partition coefficient (Wildman–Crippen LogP) is 2.73. The van der Waals surface area contributed by atoms with Crippen molar-refractivity contribution in [3.8, 4) is 0 Å². The number of H-pyrrole nitrogens is 1. The number of Topliss-reactive ketones (excluding diaryl/α,β-unsaturated/α-hetero) is 1. The van der Waals surface area contributed by atoms with E-state index in [2.05, 4.69) is 114 Å². The number of aromatic nitrogens is 2. The van der Waals surface area contributed by atoms with Crippen LogP contribution in [0.3, 0.4) is 0 Å². The molecule has 2 saturated heterocycles. The Bertz CT molecular complexity index is 4080. The molecular weight excluding hydrogens is 1580 g/mol. The maximum absolute atomic E-state index is 14.7. The number of aromatic amines is 1. The molecule has 4 aromatic rings. The number of unbranched alkanes of at least 4 members (excludes halogenated alkanes) is 4. The third-order valence-electron chi connectivity index (χ3n) is 22.9. The fourth-order valence-corrected chi connectivity index (χ4v) is 15.3. The Labute approximate surface area is 724 Å². The maximum atomic E-state index is 14.7. The van der Waals surface area contributed by atoms with Crippen LogP contribution < -0.4 is 64.2 Å². The first-order chi connectivity index (χ1) is 59.3. The van der Waals surface area contributed by atoms with Gasteiger partial charge in [-0.3, -0.25) is 72.2 Å². The molecule has 0 aliphatic carbocycles. The average Bonchev–Trinajstić information content (AvgIpc) is 1.69. The Hall–Kier alpha value is -10.7. The van der Waals surface area contributed by atoms with E-state index in [0.29, 0.717) is 92.8 Å². The molecule has 2 fully saturated rings. The van der Waals surface area contributed by atoms with Crippen molar-refractivity contribution in [2.45, 2.75) is 219 Å². The van der Waals surface area contributed by atoms with Crippen LogP contribution in [0.4, 0.5) is 5.69 Å². The van der Waals surface area contributed by atoms with Gasteiger partial charge in [-0.2, -0.15) is 0 Å². The molecule has 3 aliphatic heterocycles. The quantitative estimate of drug-likeness (QED) is 0.0131. The second-order valence-electron chi connectivity index (χ2n) is 32.1. The predicted molar refractivity (Wildman–Crippen MR) is 471 cm³/mol. The number of ether oxygens (including phenoxy) is 1. The Morgan fingerprint density at radius 2 is 1.16 bits per heavy atom. The molecule has 35 heteroatoms. The SMILES string of the molecule is CCC[C@H](NC(=O)CN1CCN(CC)CCN(CC)CCN(CC)CC1)C(=O)N[C@H](CCC)C(=O)N[C@@H](CCC(=O)NCCCC[C@@H]1NC(=O)[C@H](Cc2ccccc2)NC(=O)[C@H](CC)CC(=O)CNC(=O)[C@H](CCCNC(N)=NC)NC1=O)C(=O)NCCCCCCN1Cc2cc(C(=O)N(C)Cc3nc4ccccc4[nH]3)ccc2N[C@H](CC(=O)OC)C1=O. The summed E-state index contributed by atoms with van der Waals surface area (Å²) in [5, 5.41) is 31.8. The van der Waals surface area contributed by atoms with Crippen LogP contribution in [0.1, 0.15) is 184 Å². The molecule has 0 radical (unpaired) electrons. The zero-order valence-corrected chi connectivity index (χ0v) is 73.8. The molecule has 3 aliphatic rings. The summed E-state index contributed by atoms with van der Waals surface area (Å²) in [5.41, 5.74) is 9.87. The van der Waals surface area contributed by atoms with Crippen molar-refractivity contribution >= 4 is 99.4 Å². The number of fused-ring (bicyclic) bond motifs is 2. The topological polar surface area (TPSA) is 450 Å². The molecule has 0 saturated carbocycles. The van der Waals surface area contributed by atoms with Gasteiger partial charge in [-0.15, -0.1) is 0 Å². The molecule has 14 N–H and O–H groups in total. The highest BCUT2D eigenvalue weighted by atomic mass is 16.5. The number of carbonyl (C=O) groups is 13. The number of methoxy groups -OCH3 is 1. The van der Waals surface area contributed by atoms with Crippen LogP contribution in [0.2, 0.25) is 0 Å². The van der Waals surface area contributed by atoms with E-state index in [-0.39, 0.29) is 140 Å². The Kier molecular flexibility index (Phi) is 43.2. The highest BCUT2D eigenvalue weighted by molar-refractivity contribution is 5.99. The van der Waals surface area contributed by atoms with Gasteiger partial charge in [-0.1, -0.05) is 110 Å². The standard InChI is InChI=1S/C88H137N21O14/c1-10-28-68(98-77(112)59-108-50-48-106(14-5)46-44-105(13-4)45-47-107(15-6)49-51-108)82(117)99-69(29-11-2)83(118)102-72(80(115)92-41-24-16-17-26-43-109-57-63-53-62(36-37-65(63)95-74(87(109)122)55-78(113)123-9)86(121)104(8)58-75-96-66-32-21-22-33-67(66)97-75)38-39-76(111)91-40-25-23-34-71-84(119)100-70(35-27-42-93-88(89)90-7)81(116)94-56-64(110)54-61(12-3)79(114)103-73(85(120)101-71)52-60-30-19-18-20-31-60/h18-22,30-33,36-37,53,61,68-74,95H,10-17,23-29,34-35,38-52,54-59H2,1-9H3,(H,91,111)(H,92,115)(H,94,116)(H,96,97)(H,98,112)(H,99,117)(H,100,119)(H,101,120)(H,102,118)(H,103,114)(H3,89,90,93)/t61-,68+,69-,70+,71+,72+,73+,74-/m1/s1. The van der Waals surface area contributed by atoms with Gasteiger partial charge in [0.1, 0.15) is 48.1 Å². The van der Waals surface area contributed by atoms with Crippen LogP contribution in [0.5, 0.6) is 0 Å². The molecular formula is C88H137N21O14. The molecule has 4 heterocycles. The number of aliphatic imine (C=N–C) groups is 1. The molecule has 35 nitrogen and oxygen atoms in total. The Morgan fingerprint density at radius 1 is 0.593 bits per heavy atom. The fourth-order valence-electron chi connectivity index (χ4n) is 15.3. The summed E-state index contributed by atoms with van der Waals surface area (Å²) in [6, 6.07) is 13.8. The van der Waals surface area contributed by atoms with Crippen molar-refractivity contribution in [1.29, 1.82) is 0 Å². The average molecular weight is 1710 g/mol. The van der Waals surface area contributed by atoms with Crippen LogP contribution in [-0.2, 0) is 81.8 Å². The summed E-state index contributed by atoms with van der Waals surface area (Å²) < 4.78 is 4.98. The van der Waals surface area contributed by atoms with Crippen molar-refractivity contribution in [2.24, 2.45) is 16.6 Å². The molecule has 8 atom stereocenters. The lowest BCUT2D eigenvalue weighted by Crippen LogP contribution is -2.57.